The van der Waals surface area contributed by atoms with Gasteiger partial charge in [0.2, 0.25) is 0 Å². The number of halogens is 1. The van der Waals surface area contributed by atoms with Crippen LogP contribution in [0.15, 0.2) is 54.6 Å². The summed E-state index contributed by atoms with van der Waals surface area (Å²) < 4.78 is 20.4. The standard InChI is InChI=1S/C20H18FNO2/c1-3-22-17(13-23)12-19(14-4-8-16(21)9-5-14)20(22)15-6-10-18(24-2)11-7-15/h4-13H,3H2,1-2H3. The number of carbonyl (C=O) groups is 1. The van der Waals surface area contributed by atoms with Gasteiger partial charge in [-0.3, -0.25) is 4.79 Å². The van der Waals surface area contributed by atoms with Crippen LogP contribution in [0.5, 0.6) is 5.75 Å². The van der Waals surface area contributed by atoms with Gasteiger partial charge in [-0.1, -0.05) is 12.1 Å². The zero-order chi connectivity index (χ0) is 17.1. The Hall–Kier alpha value is -2.88. The molecule has 2 aromatic carbocycles. The number of nitrogens with zero attached hydrogens (tertiary/aromatic N) is 1. The van der Waals surface area contributed by atoms with Crippen LogP contribution >= 0.6 is 0 Å². The van der Waals surface area contributed by atoms with Crippen molar-refractivity contribution in [2.24, 2.45) is 0 Å². The molecule has 0 aliphatic carbocycles. The summed E-state index contributed by atoms with van der Waals surface area (Å²) >= 11 is 0. The van der Waals surface area contributed by atoms with Gasteiger partial charge in [0.1, 0.15) is 11.6 Å². The molecule has 122 valence electrons. The zero-order valence-corrected chi connectivity index (χ0v) is 13.6. The lowest BCUT2D eigenvalue weighted by atomic mass is 10.0. The highest BCUT2D eigenvalue weighted by atomic mass is 19.1. The maximum Gasteiger partial charge on any atom is 0.166 e. The van der Waals surface area contributed by atoms with Gasteiger partial charge in [-0.2, -0.15) is 0 Å². The summed E-state index contributed by atoms with van der Waals surface area (Å²) in [6, 6.07) is 15.9. The van der Waals surface area contributed by atoms with Crippen molar-refractivity contribution in [3.05, 3.63) is 66.1 Å². The number of carbonyl (C=O) groups excluding carboxylic acids is 1. The van der Waals surface area contributed by atoms with Gasteiger partial charge in [-0.25, -0.2) is 4.39 Å². The Morgan fingerprint density at radius 3 is 2.21 bits per heavy atom. The fourth-order valence-corrected chi connectivity index (χ4v) is 2.92. The van der Waals surface area contributed by atoms with Gasteiger partial charge in [-0.15, -0.1) is 0 Å². The molecule has 0 spiro atoms. The highest BCUT2D eigenvalue weighted by Crippen LogP contribution is 2.35. The number of methoxy groups -OCH3 is 1. The number of rotatable bonds is 5. The predicted octanol–water partition coefficient (Wildman–Crippen LogP) is 4.80. The van der Waals surface area contributed by atoms with Gasteiger partial charge in [0, 0.05) is 12.1 Å². The normalized spacial score (nSPS) is 10.6. The number of ether oxygens (including phenoxy) is 1. The van der Waals surface area contributed by atoms with Crippen molar-refractivity contribution < 1.29 is 13.9 Å². The van der Waals surface area contributed by atoms with Gasteiger partial charge >= 0.3 is 0 Å². The van der Waals surface area contributed by atoms with Crippen LogP contribution in [0.4, 0.5) is 4.39 Å². The molecule has 0 saturated carbocycles. The Labute approximate surface area is 140 Å². The molecule has 0 atom stereocenters. The highest BCUT2D eigenvalue weighted by Gasteiger charge is 2.17. The lowest BCUT2D eigenvalue weighted by Gasteiger charge is -2.12. The number of hydrogen-bond donors (Lipinski definition) is 0. The van der Waals surface area contributed by atoms with E-state index in [4.69, 9.17) is 4.74 Å². The van der Waals surface area contributed by atoms with E-state index >= 15 is 0 Å². The van der Waals surface area contributed by atoms with E-state index in [2.05, 4.69) is 0 Å². The lowest BCUT2D eigenvalue weighted by molar-refractivity contribution is 0.111. The summed E-state index contributed by atoms with van der Waals surface area (Å²) in [7, 11) is 1.62. The molecule has 0 N–H and O–H groups in total. The minimum absolute atomic E-state index is 0.282. The van der Waals surface area contributed by atoms with Crippen molar-refractivity contribution >= 4 is 6.29 Å². The summed E-state index contributed by atoms with van der Waals surface area (Å²) in [5, 5.41) is 0. The largest absolute Gasteiger partial charge is 0.497 e. The number of aldehydes is 1. The van der Waals surface area contributed by atoms with Gasteiger partial charge in [0.25, 0.3) is 0 Å². The van der Waals surface area contributed by atoms with Crippen molar-refractivity contribution in [2.45, 2.75) is 13.5 Å². The minimum atomic E-state index is -0.282. The Morgan fingerprint density at radius 2 is 1.67 bits per heavy atom. The van der Waals surface area contributed by atoms with Crippen LogP contribution in [0.1, 0.15) is 17.4 Å². The molecule has 3 aromatic rings. The van der Waals surface area contributed by atoms with Crippen LogP contribution in [0.2, 0.25) is 0 Å². The van der Waals surface area contributed by atoms with E-state index in [1.807, 2.05) is 41.8 Å². The molecule has 0 aliphatic heterocycles. The van der Waals surface area contributed by atoms with Crippen LogP contribution in [0.3, 0.4) is 0 Å². The monoisotopic (exact) mass is 323 g/mol. The predicted molar refractivity (Wildman–Crippen MR) is 92.9 cm³/mol. The van der Waals surface area contributed by atoms with Crippen LogP contribution in [0, 0.1) is 5.82 Å². The second kappa shape index (κ2) is 6.71. The third-order valence-corrected chi connectivity index (χ3v) is 4.08. The molecule has 24 heavy (non-hydrogen) atoms. The smallest absolute Gasteiger partial charge is 0.166 e. The van der Waals surface area contributed by atoms with Crippen molar-refractivity contribution in [2.75, 3.05) is 7.11 Å². The summed E-state index contributed by atoms with van der Waals surface area (Å²) in [5.74, 6) is 0.489. The fourth-order valence-electron chi connectivity index (χ4n) is 2.92. The van der Waals surface area contributed by atoms with E-state index in [-0.39, 0.29) is 5.82 Å². The van der Waals surface area contributed by atoms with E-state index in [0.29, 0.717) is 12.2 Å². The molecule has 0 radical (unpaired) electrons. The van der Waals surface area contributed by atoms with Crippen LogP contribution in [-0.2, 0) is 6.54 Å². The van der Waals surface area contributed by atoms with Gasteiger partial charge in [0.15, 0.2) is 6.29 Å². The topological polar surface area (TPSA) is 31.2 Å². The zero-order valence-electron chi connectivity index (χ0n) is 13.6. The molecule has 0 fully saturated rings. The van der Waals surface area contributed by atoms with Crippen molar-refractivity contribution in [3.63, 3.8) is 0 Å². The Kier molecular flexibility index (Phi) is 4.47. The summed E-state index contributed by atoms with van der Waals surface area (Å²) in [5.41, 5.74) is 4.29. The number of hydrogen-bond acceptors (Lipinski definition) is 2. The second-order valence-electron chi connectivity index (χ2n) is 5.43. The molecular weight excluding hydrogens is 305 g/mol. The Bertz CT molecular complexity index is 849. The first-order valence-corrected chi connectivity index (χ1v) is 7.77. The number of benzene rings is 2. The average molecular weight is 323 g/mol. The SMILES string of the molecule is CCn1c(C=O)cc(-c2ccc(F)cc2)c1-c1ccc(OC)cc1. The first-order chi connectivity index (χ1) is 11.7. The molecular formula is C20H18FNO2. The van der Waals surface area contributed by atoms with E-state index in [1.165, 1.54) is 12.1 Å². The first kappa shape index (κ1) is 16.0. The molecule has 0 bridgehead atoms. The quantitative estimate of drug-likeness (QED) is 0.631. The minimum Gasteiger partial charge on any atom is -0.497 e. The van der Waals surface area contributed by atoms with E-state index in [9.17, 15) is 9.18 Å². The molecule has 3 rings (SSSR count). The Balaban J connectivity index is 2.22. The third-order valence-electron chi connectivity index (χ3n) is 4.08. The van der Waals surface area contributed by atoms with Crippen molar-refractivity contribution in [1.29, 1.82) is 0 Å². The van der Waals surface area contributed by atoms with Crippen molar-refractivity contribution in [3.8, 4) is 28.1 Å². The average Bonchev–Trinajstić information content (AvgIpc) is 3.01. The first-order valence-electron chi connectivity index (χ1n) is 7.77. The molecule has 1 heterocycles. The second-order valence-corrected chi connectivity index (χ2v) is 5.43. The van der Waals surface area contributed by atoms with Gasteiger partial charge < -0.3 is 9.30 Å². The highest BCUT2D eigenvalue weighted by molar-refractivity contribution is 5.88. The van der Waals surface area contributed by atoms with E-state index < -0.39 is 0 Å². The maximum atomic E-state index is 13.3. The molecule has 4 heteroatoms. The third kappa shape index (κ3) is 2.83. The molecule has 1 aromatic heterocycles. The number of aromatic nitrogens is 1. The van der Waals surface area contributed by atoms with Gasteiger partial charge in [0.05, 0.1) is 18.5 Å². The van der Waals surface area contributed by atoms with Crippen LogP contribution in [-0.4, -0.2) is 18.0 Å². The molecule has 0 aliphatic rings. The Morgan fingerprint density at radius 1 is 1.04 bits per heavy atom. The molecule has 0 amide bonds. The van der Waals surface area contributed by atoms with Gasteiger partial charge in [-0.05, 0) is 60.5 Å². The summed E-state index contributed by atoms with van der Waals surface area (Å²) in [6.07, 6.45) is 0.851. The fraction of sp³-hybridized carbons (Fsp3) is 0.150. The maximum absolute atomic E-state index is 13.3. The molecule has 3 nitrogen and oxygen atoms in total. The van der Waals surface area contributed by atoms with Crippen molar-refractivity contribution in [1.82, 2.24) is 4.57 Å². The molecule has 0 unspecified atom stereocenters. The lowest BCUT2D eigenvalue weighted by Crippen LogP contribution is -2.01. The summed E-state index contributed by atoms with van der Waals surface area (Å²) in [4.78, 5) is 11.5. The summed E-state index contributed by atoms with van der Waals surface area (Å²) in [6.45, 7) is 2.66. The molecule has 0 saturated heterocycles. The van der Waals surface area contributed by atoms with Crippen LogP contribution in [0.25, 0.3) is 22.4 Å². The van der Waals surface area contributed by atoms with Crippen LogP contribution < -0.4 is 4.74 Å². The van der Waals surface area contributed by atoms with E-state index in [0.717, 1.165) is 34.4 Å². The van der Waals surface area contributed by atoms with E-state index in [1.54, 1.807) is 19.2 Å².